The van der Waals surface area contributed by atoms with Crippen molar-refractivity contribution >= 4 is 21.9 Å². The molecule has 0 atom stereocenters. The van der Waals surface area contributed by atoms with Gasteiger partial charge in [-0.15, -0.1) is 0 Å². The first-order valence-electron chi connectivity index (χ1n) is 4.65. The Labute approximate surface area is 104 Å². The number of aromatic nitrogens is 1. The molecule has 0 bridgehead atoms. The van der Waals surface area contributed by atoms with Crippen LogP contribution in [-0.2, 0) is 21.3 Å². The molecule has 1 aromatic heterocycles. The average Bonchev–Trinajstić information content (AvgIpc) is 2.27. The Kier molecular flexibility index (Phi) is 4.80. The largest absolute Gasteiger partial charge is 0.469 e. The molecule has 1 heterocycles. The quantitative estimate of drug-likeness (QED) is 0.683. The first kappa shape index (κ1) is 13.8. The number of alkyl halides is 3. The number of ether oxygens (including phenoxy) is 1. The fraction of sp³-hybridized carbons (Fsp3) is 0.400. The lowest BCUT2D eigenvalue weighted by Crippen LogP contribution is -2.17. The van der Waals surface area contributed by atoms with Crippen LogP contribution < -0.4 is 5.56 Å². The molecule has 1 rings (SSSR count). The number of carbonyl (C=O) groups is 1. The molecule has 0 radical (unpaired) electrons. The van der Waals surface area contributed by atoms with Crippen molar-refractivity contribution in [3.63, 3.8) is 0 Å². The molecule has 0 spiro atoms. The van der Waals surface area contributed by atoms with Crippen LogP contribution in [0.3, 0.4) is 0 Å². The lowest BCUT2D eigenvalue weighted by atomic mass is 10.1. The van der Waals surface area contributed by atoms with Gasteiger partial charge in [0.15, 0.2) is 0 Å². The van der Waals surface area contributed by atoms with Gasteiger partial charge in [0.05, 0.1) is 13.5 Å². The van der Waals surface area contributed by atoms with Crippen molar-refractivity contribution in [1.82, 2.24) is 4.98 Å². The molecular formula is C10H10BrF2NO3. The van der Waals surface area contributed by atoms with Crippen molar-refractivity contribution < 1.29 is 18.3 Å². The van der Waals surface area contributed by atoms with E-state index in [1.165, 1.54) is 0 Å². The fourth-order valence-electron chi connectivity index (χ4n) is 1.42. The molecular weight excluding hydrogens is 300 g/mol. The number of aromatic amines is 1. The normalized spacial score (nSPS) is 10.6. The molecule has 7 heteroatoms. The second-order valence-corrected chi connectivity index (χ2v) is 3.80. The summed E-state index contributed by atoms with van der Waals surface area (Å²) in [5.74, 6) is -0.686. The van der Waals surface area contributed by atoms with E-state index in [1.54, 1.807) is 0 Å². The van der Waals surface area contributed by atoms with Crippen LogP contribution in [0.15, 0.2) is 10.9 Å². The van der Waals surface area contributed by atoms with Gasteiger partial charge in [-0.1, -0.05) is 15.9 Å². The molecule has 0 amide bonds. The van der Waals surface area contributed by atoms with E-state index in [1.807, 2.05) is 0 Å². The highest BCUT2D eigenvalue weighted by atomic mass is 79.9. The van der Waals surface area contributed by atoms with Crippen molar-refractivity contribution in [1.29, 1.82) is 0 Å². The Hall–Kier alpha value is -1.24. The maximum absolute atomic E-state index is 12.9. The number of H-pyrrole nitrogens is 1. The van der Waals surface area contributed by atoms with Crippen molar-refractivity contribution in [2.75, 3.05) is 7.11 Å². The predicted molar refractivity (Wildman–Crippen MR) is 60.4 cm³/mol. The predicted octanol–water partition coefficient (Wildman–Crippen LogP) is 1.92. The van der Waals surface area contributed by atoms with Gasteiger partial charge in [0, 0.05) is 22.7 Å². The zero-order chi connectivity index (χ0) is 13.0. The number of hydrogen-bond donors (Lipinski definition) is 1. The van der Waals surface area contributed by atoms with E-state index in [9.17, 15) is 18.4 Å². The van der Waals surface area contributed by atoms with E-state index < -0.39 is 18.0 Å². The van der Waals surface area contributed by atoms with Crippen LogP contribution in [0.1, 0.15) is 23.2 Å². The number of pyridine rings is 1. The summed E-state index contributed by atoms with van der Waals surface area (Å²) < 4.78 is 30.1. The van der Waals surface area contributed by atoms with E-state index in [-0.39, 0.29) is 28.6 Å². The van der Waals surface area contributed by atoms with E-state index >= 15 is 0 Å². The minimum absolute atomic E-state index is 0.103. The Morgan fingerprint density at radius 1 is 1.59 bits per heavy atom. The molecule has 1 N–H and O–H groups in total. The lowest BCUT2D eigenvalue weighted by Gasteiger charge is -2.11. The molecule has 94 valence electrons. The molecule has 0 aliphatic rings. The first-order valence-corrected chi connectivity index (χ1v) is 5.77. The highest BCUT2D eigenvalue weighted by molar-refractivity contribution is 9.08. The minimum atomic E-state index is -2.76. The number of methoxy groups -OCH3 is 1. The number of halogens is 3. The zero-order valence-electron chi connectivity index (χ0n) is 8.93. The summed E-state index contributed by atoms with van der Waals surface area (Å²) in [4.78, 5) is 24.5. The molecule has 0 saturated carbocycles. The minimum Gasteiger partial charge on any atom is -0.469 e. The maximum Gasteiger partial charge on any atom is 0.311 e. The molecule has 0 aromatic carbocycles. The van der Waals surface area contributed by atoms with Gasteiger partial charge in [-0.2, -0.15) is 0 Å². The van der Waals surface area contributed by atoms with Gasteiger partial charge in [0.1, 0.15) is 0 Å². The first-order chi connectivity index (χ1) is 7.99. The number of rotatable bonds is 4. The molecule has 1 aromatic rings. The Morgan fingerprint density at radius 3 is 2.71 bits per heavy atom. The Morgan fingerprint density at radius 2 is 2.24 bits per heavy atom. The van der Waals surface area contributed by atoms with E-state index in [0.717, 1.165) is 13.2 Å². The Balaban J connectivity index is 3.30. The molecule has 0 aliphatic heterocycles. The summed E-state index contributed by atoms with van der Waals surface area (Å²) >= 11 is 3.03. The molecule has 17 heavy (non-hydrogen) atoms. The summed E-state index contributed by atoms with van der Waals surface area (Å²) in [6.45, 7) is 0. The standard InChI is InChI=1S/C10H10BrF2NO3/c1-17-8(16)3-6-9(10(12)13)5(4-11)2-7(15)14-6/h2,10H,3-4H2,1H3,(H,14,15). The average molecular weight is 310 g/mol. The molecule has 0 unspecified atom stereocenters. The molecule has 0 saturated heterocycles. The van der Waals surface area contributed by atoms with Gasteiger partial charge in [-0.3, -0.25) is 9.59 Å². The fourth-order valence-corrected chi connectivity index (χ4v) is 1.88. The number of hydrogen-bond acceptors (Lipinski definition) is 3. The molecule has 4 nitrogen and oxygen atoms in total. The highest BCUT2D eigenvalue weighted by Gasteiger charge is 2.20. The van der Waals surface area contributed by atoms with Gasteiger partial charge >= 0.3 is 5.97 Å². The van der Waals surface area contributed by atoms with Crippen LogP contribution in [0.2, 0.25) is 0 Å². The highest BCUT2D eigenvalue weighted by Crippen LogP contribution is 2.26. The SMILES string of the molecule is COC(=O)Cc1[nH]c(=O)cc(CBr)c1C(F)F. The lowest BCUT2D eigenvalue weighted by molar-refractivity contribution is -0.139. The van der Waals surface area contributed by atoms with Crippen LogP contribution in [0, 0.1) is 0 Å². The monoisotopic (exact) mass is 309 g/mol. The number of esters is 1. The second kappa shape index (κ2) is 5.90. The molecule has 0 fully saturated rings. The smallest absolute Gasteiger partial charge is 0.311 e. The molecule has 0 aliphatic carbocycles. The third-order valence-electron chi connectivity index (χ3n) is 2.16. The van der Waals surface area contributed by atoms with Crippen molar-refractivity contribution in [2.45, 2.75) is 18.2 Å². The number of carbonyl (C=O) groups excluding carboxylic acids is 1. The van der Waals surface area contributed by atoms with E-state index in [2.05, 4.69) is 25.7 Å². The van der Waals surface area contributed by atoms with Crippen molar-refractivity contribution in [3.05, 3.63) is 33.2 Å². The van der Waals surface area contributed by atoms with Crippen LogP contribution in [0.5, 0.6) is 0 Å². The zero-order valence-corrected chi connectivity index (χ0v) is 10.5. The third kappa shape index (κ3) is 3.36. The van der Waals surface area contributed by atoms with Gasteiger partial charge < -0.3 is 9.72 Å². The van der Waals surface area contributed by atoms with Crippen LogP contribution >= 0.6 is 15.9 Å². The van der Waals surface area contributed by atoms with Crippen molar-refractivity contribution in [3.8, 4) is 0 Å². The summed E-state index contributed by atoms with van der Waals surface area (Å²) in [6, 6.07) is 1.08. The summed E-state index contributed by atoms with van der Waals surface area (Å²) in [5, 5.41) is 0.116. The number of nitrogens with one attached hydrogen (secondary N) is 1. The summed E-state index contributed by atoms with van der Waals surface area (Å²) in [6.07, 6.45) is -3.15. The van der Waals surface area contributed by atoms with Crippen molar-refractivity contribution in [2.24, 2.45) is 0 Å². The van der Waals surface area contributed by atoms with Gasteiger partial charge in [0.25, 0.3) is 6.43 Å². The third-order valence-corrected chi connectivity index (χ3v) is 2.77. The van der Waals surface area contributed by atoms with Gasteiger partial charge in [0.2, 0.25) is 5.56 Å². The summed E-state index contributed by atoms with van der Waals surface area (Å²) in [7, 11) is 1.15. The maximum atomic E-state index is 12.9. The van der Waals surface area contributed by atoms with Crippen LogP contribution in [-0.4, -0.2) is 18.1 Å². The van der Waals surface area contributed by atoms with Crippen LogP contribution in [0.4, 0.5) is 8.78 Å². The summed E-state index contributed by atoms with van der Waals surface area (Å²) in [5.41, 5.74) is -0.786. The van der Waals surface area contributed by atoms with Gasteiger partial charge in [-0.05, 0) is 5.56 Å². The van der Waals surface area contributed by atoms with Gasteiger partial charge in [-0.25, -0.2) is 8.78 Å². The van der Waals surface area contributed by atoms with Crippen LogP contribution in [0.25, 0.3) is 0 Å². The van der Waals surface area contributed by atoms with E-state index in [4.69, 9.17) is 0 Å². The Bertz CT molecular complexity index is 473. The second-order valence-electron chi connectivity index (χ2n) is 3.24. The topological polar surface area (TPSA) is 59.2 Å². The van der Waals surface area contributed by atoms with E-state index in [0.29, 0.717) is 0 Å².